The highest BCUT2D eigenvalue weighted by molar-refractivity contribution is 7.10. The first-order chi connectivity index (χ1) is 11.3. The van der Waals surface area contributed by atoms with E-state index in [0.29, 0.717) is 10.7 Å². The van der Waals surface area contributed by atoms with Gasteiger partial charge in [0.25, 0.3) is 0 Å². The average Bonchev–Trinajstić information content (AvgIpc) is 3.10. The first-order valence-corrected chi connectivity index (χ1v) is 7.70. The van der Waals surface area contributed by atoms with Gasteiger partial charge in [-0.1, -0.05) is 53.0 Å². The molecule has 1 N–H and O–H groups in total. The molecule has 0 aliphatic rings. The van der Waals surface area contributed by atoms with Crippen LogP contribution in [-0.4, -0.2) is 15.6 Å². The molecule has 116 valence electrons. The van der Waals surface area contributed by atoms with Crippen molar-refractivity contribution in [1.29, 1.82) is 0 Å². The largest absolute Gasteiger partial charge is 0.351 e. The van der Waals surface area contributed by atoms with E-state index in [-0.39, 0.29) is 6.61 Å². The Morgan fingerprint density at radius 1 is 1.09 bits per heavy atom. The standard InChI is InChI=1S/C16H14N4O2S/c21-16(18-15-11-17-19-23-15)20(14-9-5-2-6-10-14)22-12-13-7-3-1-4-8-13/h1-11H,12H2,(H,18,21). The van der Waals surface area contributed by atoms with Crippen LogP contribution in [-0.2, 0) is 11.4 Å². The minimum Gasteiger partial charge on any atom is -0.294 e. The maximum Gasteiger partial charge on any atom is 0.351 e. The average molecular weight is 326 g/mol. The Kier molecular flexibility index (Phi) is 4.92. The third-order valence-corrected chi connectivity index (χ3v) is 3.55. The molecule has 0 aliphatic carbocycles. The summed E-state index contributed by atoms with van der Waals surface area (Å²) in [7, 11) is 0. The van der Waals surface area contributed by atoms with Gasteiger partial charge in [0.1, 0.15) is 11.6 Å². The van der Waals surface area contributed by atoms with Crippen LogP contribution in [0.1, 0.15) is 5.56 Å². The number of para-hydroxylation sites is 1. The van der Waals surface area contributed by atoms with E-state index in [0.717, 1.165) is 17.1 Å². The lowest BCUT2D eigenvalue weighted by Crippen LogP contribution is -2.34. The summed E-state index contributed by atoms with van der Waals surface area (Å²) in [6.45, 7) is 0.282. The summed E-state index contributed by atoms with van der Waals surface area (Å²) in [4.78, 5) is 18.2. The van der Waals surface area contributed by atoms with Crippen LogP contribution in [0.2, 0.25) is 0 Å². The predicted molar refractivity (Wildman–Crippen MR) is 89.1 cm³/mol. The van der Waals surface area contributed by atoms with Gasteiger partial charge in [-0.3, -0.25) is 10.2 Å². The Hall–Kier alpha value is -2.77. The summed E-state index contributed by atoms with van der Waals surface area (Å²) >= 11 is 1.10. The molecule has 0 atom stereocenters. The van der Waals surface area contributed by atoms with Gasteiger partial charge in [0.15, 0.2) is 0 Å². The zero-order chi connectivity index (χ0) is 15.9. The molecule has 0 bridgehead atoms. The fraction of sp³-hybridized carbons (Fsp3) is 0.0625. The van der Waals surface area contributed by atoms with Crippen LogP contribution in [0.4, 0.5) is 15.5 Å². The number of nitrogens with one attached hydrogen (secondary N) is 1. The molecule has 6 nitrogen and oxygen atoms in total. The third-order valence-electron chi connectivity index (χ3n) is 2.97. The van der Waals surface area contributed by atoms with E-state index in [9.17, 15) is 4.79 Å². The van der Waals surface area contributed by atoms with Gasteiger partial charge in [-0.25, -0.2) is 4.79 Å². The van der Waals surface area contributed by atoms with Crippen LogP contribution in [0, 0.1) is 0 Å². The quantitative estimate of drug-likeness (QED) is 0.726. The summed E-state index contributed by atoms with van der Waals surface area (Å²) in [6.07, 6.45) is 1.49. The van der Waals surface area contributed by atoms with E-state index in [2.05, 4.69) is 14.9 Å². The summed E-state index contributed by atoms with van der Waals surface area (Å²) in [5, 5.41) is 8.19. The summed E-state index contributed by atoms with van der Waals surface area (Å²) in [5.74, 6) is 0. The van der Waals surface area contributed by atoms with Crippen molar-refractivity contribution in [2.45, 2.75) is 6.61 Å². The Morgan fingerprint density at radius 2 is 1.78 bits per heavy atom. The molecule has 2 amide bonds. The SMILES string of the molecule is O=C(Nc1cnns1)N(OCc1ccccc1)c1ccccc1. The lowest BCUT2D eigenvalue weighted by molar-refractivity contribution is 0.110. The molecule has 0 aliphatic heterocycles. The first-order valence-electron chi connectivity index (χ1n) is 6.93. The Labute approximate surface area is 137 Å². The van der Waals surface area contributed by atoms with Crippen LogP contribution < -0.4 is 10.4 Å². The molecule has 0 saturated carbocycles. The molecule has 1 heterocycles. The number of rotatable bonds is 5. The minimum absolute atomic E-state index is 0.282. The molecule has 2 aromatic carbocycles. The fourth-order valence-electron chi connectivity index (χ4n) is 1.91. The van der Waals surface area contributed by atoms with Crippen LogP contribution >= 0.6 is 11.5 Å². The molecular weight excluding hydrogens is 312 g/mol. The van der Waals surface area contributed by atoms with Crippen molar-refractivity contribution in [3.63, 3.8) is 0 Å². The number of hydrogen-bond acceptors (Lipinski definition) is 5. The number of carbonyl (C=O) groups excluding carboxylic acids is 1. The van der Waals surface area contributed by atoms with E-state index in [1.165, 1.54) is 11.3 Å². The second kappa shape index (κ2) is 7.48. The monoisotopic (exact) mass is 326 g/mol. The Balaban J connectivity index is 1.75. The van der Waals surface area contributed by atoms with Gasteiger partial charge in [0.05, 0.1) is 11.9 Å². The number of benzene rings is 2. The highest BCUT2D eigenvalue weighted by Crippen LogP contribution is 2.18. The molecule has 0 radical (unpaired) electrons. The molecule has 0 unspecified atom stereocenters. The number of aromatic nitrogens is 2. The Bertz CT molecular complexity index is 735. The second-order valence-electron chi connectivity index (χ2n) is 4.60. The zero-order valence-corrected chi connectivity index (χ0v) is 12.9. The number of carbonyl (C=O) groups is 1. The number of hydroxylamine groups is 1. The molecule has 1 aromatic heterocycles. The van der Waals surface area contributed by atoms with Crippen molar-refractivity contribution in [3.05, 3.63) is 72.4 Å². The molecular formula is C16H14N4O2S. The normalized spacial score (nSPS) is 10.3. The van der Waals surface area contributed by atoms with Crippen LogP contribution in [0.5, 0.6) is 0 Å². The van der Waals surface area contributed by atoms with Gasteiger partial charge in [-0.2, -0.15) is 5.06 Å². The minimum atomic E-state index is -0.404. The van der Waals surface area contributed by atoms with Crippen molar-refractivity contribution in [2.24, 2.45) is 0 Å². The number of anilines is 2. The topological polar surface area (TPSA) is 67.4 Å². The molecule has 0 spiro atoms. The van der Waals surface area contributed by atoms with Crippen LogP contribution in [0.3, 0.4) is 0 Å². The zero-order valence-electron chi connectivity index (χ0n) is 12.1. The van der Waals surface area contributed by atoms with E-state index in [1.807, 2.05) is 48.5 Å². The molecule has 3 rings (SSSR count). The Morgan fingerprint density at radius 3 is 2.43 bits per heavy atom. The fourth-order valence-corrected chi connectivity index (χ4v) is 2.31. The van der Waals surface area contributed by atoms with Crippen molar-refractivity contribution >= 4 is 28.3 Å². The van der Waals surface area contributed by atoms with E-state index in [4.69, 9.17) is 4.84 Å². The van der Waals surface area contributed by atoms with Gasteiger partial charge >= 0.3 is 6.03 Å². The number of urea groups is 1. The maximum absolute atomic E-state index is 12.5. The summed E-state index contributed by atoms with van der Waals surface area (Å²) in [6, 6.07) is 18.4. The van der Waals surface area contributed by atoms with Crippen molar-refractivity contribution in [1.82, 2.24) is 9.59 Å². The molecule has 23 heavy (non-hydrogen) atoms. The highest BCUT2D eigenvalue weighted by atomic mass is 32.1. The van der Waals surface area contributed by atoms with Gasteiger partial charge in [0, 0.05) is 11.5 Å². The van der Waals surface area contributed by atoms with Crippen molar-refractivity contribution in [3.8, 4) is 0 Å². The van der Waals surface area contributed by atoms with Gasteiger partial charge in [-0.15, -0.1) is 5.10 Å². The van der Waals surface area contributed by atoms with Gasteiger partial charge in [-0.05, 0) is 17.7 Å². The molecule has 0 saturated heterocycles. The maximum atomic E-state index is 12.5. The van der Waals surface area contributed by atoms with Crippen LogP contribution in [0.25, 0.3) is 0 Å². The number of nitrogens with zero attached hydrogens (tertiary/aromatic N) is 3. The predicted octanol–water partition coefficient (Wildman–Crippen LogP) is 3.71. The van der Waals surface area contributed by atoms with Crippen molar-refractivity contribution < 1.29 is 9.63 Å². The molecule has 0 fully saturated rings. The molecule has 7 heteroatoms. The smallest absolute Gasteiger partial charge is 0.294 e. The van der Waals surface area contributed by atoms with Gasteiger partial charge in [0.2, 0.25) is 0 Å². The number of amides is 2. The second-order valence-corrected chi connectivity index (χ2v) is 5.39. The van der Waals surface area contributed by atoms with Crippen molar-refractivity contribution in [2.75, 3.05) is 10.4 Å². The first kappa shape index (κ1) is 15.1. The van der Waals surface area contributed by atoms with E-state index in [1.54, 1.807) is 12.1 Å². The van der Waals surface area contributed by atoms with E-state index < -0.39 is 6.03 Å². The van der Waals surface area contributed by atoms with Crippen LogP contribution in [0.15, 0.2) is 66.9 Å². The highest BCUT2D eigenvalue weighted by Gasteiger charge is 2.18. The van der Waals surface area contributed by atoms with Gasteiger partial charge < -0.3 is 0 Å². The lowest BCUT2D eigenvalue weighted by Gasteiger charge is -2.21. The lowest BCUT2D eigenvalue weighted by atomic mass is 10.2. The summed E-state index contributed by atoms with van der Waals surface area (Å²) in [5.41, 5.74) is 1.61. The summed E-state index contributed by atoms with van der Waals surface area (Å²) < 4.78 is 3.72. The van der Waals surface area contributed by atoms with E-state index >= 15 is 0 Å². The third kappa shape index (κ3) is 4.12. The number of hydrogen-bond donors (Lipinski definition) is 1. The molecule has 3 aromatic rings.